The van der Waals surface area contributed by atoms with Crippen molar-refractivity contribution in [2.24, 2.45) is 5.92 Å². The van der Waals surface area contributed by atoms with Crippen LogP contribution in [-0.2, 0) is 0 Å². The highest BCUT2D eigenvalue weighted by Crippen LogP contribution is 2.21. The Morgan fingerprint density at radius 3 is 2.38 bits per heavy atom. The average molecular weight is 178 g/mol. The van der Waals surface area contributed by atoms with Gasteiger partial charge in [0.25, 0.3) is 0 Å². The van der Waals surface area contributed by atoms with E-state index in [1.54, 1.807) is 6.08 Å². The van der Waals surface area contributed by atoms with Crippen LogP contribution in [0.5, 0.6) is 0 Å². The molecular weight excluding hydrogens is 164 g/mol. The van der Waals surface area contributed by atoms with Gasteiger partial charge >= 0.3 is 0 Å². The van der Waals surface area contributed by atoms with Crippen LogP contribution in [0, 0.1) is 5.92 Å². The Bertz CT molecular complexity index is 256. The summed E-state index contributed by atoms with van der Waals surface area (Å²) in [6, 6.07) is 9.26. The first-order valence-corrected chi connectivity index (χ1v) is 4.26. The summed E-state index contributed by atoms with van der Waals surface area (Å²) < 4.78 is 0. The van der Waals surface area contributed by atoms with E-state index in [0.29, 0.717) is 0 Å². The Balaban J connectivity index is 2.77. The maximum atomic E-state index is 9.75. The van der Waals surface area contributed by atoms with Gasteiger partial charge in [-0.15, -0.1) is 6.58 Å². The fraction of sp³-hybridized carbons (Fsp3) is 0.273. The van der Waals surface area contributed by atoms with Crippen molar-refractivity contribution in [1.82, 2.24) is 0 Å². The zero-order chi connectivity index (χ0) is 9.68. The third-order valence-corrected chi connectivity index (χ3v) is 2.06. The zero-order valence-electron chi connectivity index (χ0n) is 7.43. The molecule has 0 amide bonds. The van der Waals surface area contributed by atoms with Crippen molar-refractivity contribution in [3.05, 3.63) is 48.6 Å². The third-order valence-electron chi connectivity index (χ3n) is 2.06. The van der Waals surface area contributed by atoms with E-state index in [0.717, 1.165) is 5.56 Å². The second-order valence-corrected chi connectivity index (χ2v) is 2.94. The number of rotatable bonds is 4. The molecule has 0 saturated carbocycles. The van der Waals surface area contributed by atoms with Crippen LogP contribution < -0.4 is 0 Å². The Morgan fingerprint density at radius 2 is 1.92 bits per heavy atom. The predicted octanol–water partition coefficient (Wildman–Crippen LogP) is 1.51. The van der Waals surface area contributed by atoms with E-state index in [-0.39, 0.29) is 12.5 Å². The fourth-order valence-corrected chi connectivity index (χ4v) is 1.20. The van der Waals surface area contributed by atoms with Crippen molar-refractivity contribution in [1.29, 1.82) is 0 Å². The molecule has 2 N–H and O–H groups in total. The number of hydrogen-bond donors (Lipinski definition) is 2. The minimum atomic E-state index is -0.663. The highest BCUT2D eigenvalue weighted by Gasteiger charge is 2.16. The van der Waals surface area contributed by atoms with E-state index >= 15 is 0 Å². The van der Waals surface area contributed by atoms with E-state index in [4.69, 9.17) is 5.11 Å². The van der Waals surface area contributed by atoms with Crippen molar-refractivity contribution >= 4 is 0 Å². The minimum absolute atomic E-state index is 0.0838. The fourth-order valence-electron chi connectivity index (χ4n) is 1.20. The van der Waals surface area contributed by atoms with E-state index in [2.05, 4.69) is 6.58 Å². The lowest BCUT2D eigenvalue weighted by molar-refractivity contribution is 0.0921. The summed E-state index contributed by atoms with van der Waals surface area (Å²) in [5.41, 5.74) is 0.807. The normalized spacial score (nSPS) is 14.9. The third kappa shape index (κ3) is 2.41. The van der Waals surface area contributed by atoms with Crippen LogP contribution in [0.25, 0.3) is 0 Å². The predicted molar refractivity (Wildman–Crippen MR) is 52.2 cm³/mol. The molecule has 2 atom stereocenters. The molecule has 0 aliphatic rings. The van der Waals surface area contributed by atoms with E-state index in [1.807, 2.05) is 30.3 Å². The van der Waals surface area contributed by atoms with Crippen LogP contribution in [0.1, 0.15) is 11.7 Å². The highest BCUT2D eigenvalue weighted by atomic mass is 16.3. The quantitative estimate of drug-likeness (QED) is 0.686. The summed E-state index contributed by atoms with van der Waals surface area (Å²) in [4.78, 5) is 0. The van der Waals surface area contributed by atoms with Gasteiger partial charge < -0.3 is 10.2 Å². The van der Waals surface area contributed by atoms with Gasteiger partial charge in [0, 0.05) is 5.92 Å². The van der Waals surface area contributed by atoms with E-state index in [1.165, 1.54) is 0 Å². The molecule has 2 heteroatoms. The van der Waals surface area contributed by atoms with Crippen molar-refractivity contribution in [2.75, 3.05) is 6.61 Å². The maximum Gasteiger partial charge on any atom is 0.0874 e. The van der Waals surface area contributed by atoms with Gasteiger partial charge in [0.2, 0.25) is 0 Å². The number of aliphatic hydroxyl groups excluding tert-OH is 2. The molecule has 70 valence electrons. The van der Waals surface area contributed by atoms with Gasteiger partial charge in [-0.25, -0.2) is 0 Å². The molecule has 1 aromatic carbocycles. The van der Waals surface area contributed by atoms with Crippen molar-refractivity contribution < 1.29 is 10.2 Å². The Hall–Kier alpha value is -1.12. The molecule has 0 fully saturated rings. The van der Waals surface area contributed by atoms with Gasteiger partial charge in [-0.3, -0.25) is 0 Å². The van der Waals surface area contributed by atoms with Gasteiger partial charge in [-0.2, -0.15) is 0 Å². The van der Waals surface area contributed by atoms with Gasteiger partial charge in [-0.1, -0.05) is 36.4 Å². The molecular formula is C11H14O2. The summed E-state index contributed by atoms with van der Waals surface area (Å²) in [5, 5.41) is 18.7. The summed E-state index contributed by atoms with van der Waals surface area (Å²) in [6.07, 6.45) is 0.904. The average Bonchev–Trinajstić information content (AvgIpc) is 2.21. The molecule has 0 heterocycles. The molecule has 1 rings (SSSR count). The first-order valence-electron chi connectivity index (χ1n) is 4.26. The molecule has 2 unspecified atom stereocenters. The lowest BCUT2D eigenvalue weighted by Crippen LogP contribution is -2.13. The number of aliphatic hydroxyl groups is 2. The van der Waals surface area contributed by atoms with Gasteiger partial charge in [0.05, 0.1) is 12.7 Å². The van der Waals surface area contributed by atoms with Crippen LogP contribution in [0.2, 0.25) is 0 Å². The summed E-state index contributed by atoms with van der Waals surface area (Å²) in [6.45, 7) is 3.47. The SMILES string of the molecule is C=CC(CO)C(O)c1ccccc1. The maximum absolute atomic E-state index is 9.75. The molecule has 0 aliphatic heterocycles. The first-order chi connectivity index (χ1) is 6.29. The molecule has 1 aromatic rings. The Morgan fingerprint density at radius 1 is 1.31 bits per heavy atom. The summed E-state index contributed by atoms with van der Waals surface area (Å²) >= 11 is 0. The Labute approximate surface area is 78.2 Å². The first kappa shape index (κ1) is 9.96. The topological polar surface area (TPSA) is 40.5 Å². The van der Waals surface area contributed by atoms with Crippen molar-refractivity contribution in [3.8, 4) is 0 Å². The molecule has 0 radical (unpaired) electrons. The number of hydrogen-bond acceptors (Lipinski definition) is 2. The van der Waals surface area contributed by atoms with Crippen LogP contribution in [0.3, 0.4) is 0 Å². The molecule has 2 nitrogen and oxygen atoms in total. The van der Waals surface area contributed by atoms with Gasteiger partial charge in [0.1, 0.15) is 0 Å². The zero-order valence-corrected chi connectivity index (χ0v) is 7.43. The van der Waals surface area contributed by atoms with E-state index < -0.39 is 6.10 Å². The lowest BCUT2D eigenvalue weighted by atomic mass is 9.97. The lowest BCUT2D eigenvalue weighted by Gasteiger charge is -2.17. The highest BCUT2D eigenvalue weighted by molar-refractivity contribution is 5.19. The number of benzene rings is 1. The standard InChI is InChI=1S/C11H14O2/c1-2-9(8-12)11(13)10-6-4-3-5-7-10/h2-7,9,11-13H,1,8H2. The van der Waals surface area contributed by atoms with Crippen molar-refractivity contribution in [3.63, 3.8) is 0 Å². The van der Waals surface area contributed by atoms with Crippen LogP contribution in [0.15, 0.2) is 43.0 Å². The summed E-state index contributed by atoms with van der Waals surface area (Å²) in [7, 11) is 0. The molecule has 0 aromatic heterocycles. The summed E-state index contributed by atoms with van der Waals surface area (Å²) in [5.74, 6) is -0.289. The van der Waals surface area contributed by atoms with Crippen LogP contribution >= 0.6 is 0 Å². The molecule has 0 spiro atoms. The largest absolute Gasteiger partial charge is 0.396 e. The van der Waals surface area contributed by atoms with Crippen molar-refractivity contribution in [2.45, 2.75) is 6.10 Å². The smallest absolute Gasteiger partial charge is 0.0874 e. The van der Waals surface area contributed by atoms with E-state index in [9.17, 15) is 5.11 Å². The molecule has 0 aliphatic carbocycles. The molecule has 0 bridgehead atoms. The second kappa shape index (κ2) is 4.80. The van der Waals surface area contributed by atoms with Crippen LogP contribution in [0.4, 0.5) is 0 Å². The molecule has 0 saturated heterocycles. The van der Waals surface area contributed by atoms with Crippen LogP contribution in [-0.4, -0.2) is 16.8 Å². The minimum Gasteiger partial charge on any atom is -0.396 e. The second-order valence-electron chi connectivity index (χ2n) is 2.94. The van der Waals surface area contributed by atoms with Gasteiger partial charge in [0.15, 0.2) is 0 Å². The van der Waals surface area contributed by atoms with Gasteiger partial charge in [-0.05, 0) is 5.56 Å². The molecule has 13 heavy (non-hydrogen) atoms. The monoisotopic (exact) mass is 178 g/mol. The Kier molecular flexibility index (Phi) is 3.68.